The van der Waals surface area contributed by atoms with Crippen LogP contribution in [0.25, 0.3) is 20.7 Å². The van der Waals surface area contributed by atoms with Gasteiger partial charge in [0.2, 0.25) is 11.8 Å². The maximum atomic E-state index is 12.9. The summed E-state index contributed by atoms with van der Waals surface area (Å²) in [6.07, 6.45) is 1.38. The summed E-state index contributed by atoms with van der Waals surface area (Å²) in [5.41, 5.74) is 0.583. The molecular formula is C18H20N4O3S2. The first-order chi connectivity index (χ1) is 12.9. The third-order valence-corrected chi connectivity index (χ3v) is 5.92. The Kier molecular flexibility index (Phi) is 5.71. The number of amides is 2. The number of rotatable bonds is 6. The quantitative estimate of drug-likeness (QED) is 0.658. The lowest BCUT2D eigenvalue weighted by atomic mass is 10.2. The van der Waals surface area contributed by atoms with Gasteiger partial charge in [-0.2, -0.15) is 0 Å². The fraction of sp³-hybridized carbons (Fsp3) is 0.333. The highest BCUT2D eigenvalue weighted by atomic mass is 32.1. The standard InChI is InChI=1S/C18H20N4O3S2/c1-4-19-16(24)11(3)21-14(23)7-22-9-20-17-15(18(22)25)12(8-26-17)13-6-5-10(2)27-13/h5-6,8-9,11H,4,7H2,1-3H3,(H,19,24)(H,21,23)/t11-/m0/s1. The number of fused-ring (bicyclic) bond motifs is 1. The second-order valence-electron chi connectivity index (χ2n) is 6.10. The van der Waals surface area contributed by atoms with Gasteiger partial charge >= 0.3 is 0 Å². The maximum Gasteiger partial charge on any atom is 0.263 e. The van der Waals surface area contributed by atoms with E-state index >= 15 is 0 Å². The van der Waals surface area contributed by atoms with Gasteiger partial charge in [0.1, 0.15) is 17.4 Å². The molecular weight excluding hydrogens is 384 g/mol. The molecule has 0 aliphatic heterocycles. The minimum absolute atomic E-state index is 0.190. The molecule has 2 N–H and O–H groups in total. The van der Waals surface area contributed by atoms with E-state index in [0.717, 1.165) is 15.3 Å². The number of nitrogens with zero attached hydrogens (tertiary/aromatic N) is 2. The maximum absolute atomic E-state index is 12.9. The van der Waals surface area contributed by atoms with Crippen molar-refractivity contribution < 1.29 is 9.59 Å². The van der Waals surface area contributed by atoms with Crippen molar-refractivity contribution in [1.29, 1.82) is 0 Å². The molecule has 0 aromatic carbocycles. The number of hydrogen-bond acceptors (Lipinski definition) is 6. The monoisotopic (exact) mass is 404 g/mol. The summed E-state index contributed by atoms with van der Waals surface area (Å²) in [7, 11) is 0. The summed E-state index contributed by atoms with van der Waals surface area (Å²) in [6, 6.07) is 3.32. The zero-order valence-corrected chi connectivity index (χ0v) is 16.9. The van der Waals surface area contributed by atoms with E-state index in [2.05, 4.69) is 15.6 Å². The molecule has 2 amide bonds. The van der Waals surface area contributed by atoms with E-state index in [1.54, 1.807) is 25.2 Å². The summed E-state index contributed by atoms with van der Waals surface area (Å²) < 4.78 is 1.28. The van der Waals surface area contributed by atoms with Crippen LogP contribution in [0.2, 0.25) is 0 Å². The molecule has 1 atom stereocenters. The highest BCUT2D eigenvalue weighted by Crippen LogP contribution is 2.34. The van der Waals surface area contributed by atoms with Crippen LogP contribution in [0.5, 0.6) is 0 Å². The van der Waals surface area contributed by atoms with E-state index in [-0.39, 0.29) is 18.0 Å². The Hall–Kier alpha value is -2.52. The average molecular weight is 405 g/mol. The van der Waals surface area contributed by atoms with Crippen molar-refractivity contribution in [2.24, 2.45) is 0 Å². The fourth-order valence-electron chi connectivity index (χ4n) is 2.68. The van der Waals surface area contributed by atoms with Crippen LogP contribution in [-0.2, 0) is 16.1 Å². The zero-order valence-electron chi connectivity index (χ0n) is 15.2. The Morgan fingerprint density at radius 2 is 2.11 bits per heavy atom. The molecule has 0 aliphatic rings. The predicted molar refractivity (Wildman–Crippen MR) is 108 cm³/mol. The highest BCUT2D eigenvalue weighted by molar-refractivity contribution is 7.19. The second-order valence-corrected chi connectivity index (χ2v) is 8.25. The Labute approximate surface area is 164 Å². The van der Waals surface area contributed by atoms with E-state index in [0.29, 0.717) is 16.8 Å². The van der Waals surface area contributed by atoms with Crippen LogP contribution >= 0.6 is 22.7 Å². The molecule has 0 fully saturated rings. The van der Waals surface area contributed by atoms with Crippen molar-refractivity contribution in [1.82, 2.24) is 20.2 Å². The summed E-state index contributed by atoms with van der Waals surface area (Å²) in [5, 5.41) is 7.68. The lowest BCUT2D eigenvalue weighted by Crippen LogP contribution is -2.46. The van der Waals surface area contributed by atoms with E-state index in [9.17, 15) is 14.4 Å². The molecule has 0 saturated heterocycles. The van der Waals surface area contributed by atoms with Crippen molar-refractivity contribution in [3.8, 4) is 10.4 Å². The largest absolute Gasteiger partial charge is 0.355 e. The van der Waals surface area contributed by atoms with Crippen LogP contribution in [0.3, 0.4) is 0 Å². The number of likely N-dealkylation sites (N-methyl/N-ethyl adjacent to an activating group) is 1. The van der Waals surface area contributed by atoms with Gasteiger partial charge in [0.05, 0.1) is 11.7 Å². The Balaban J connectivity index is 1.86. The first-order valence-electron chi connectivity index (χ1n) is 8.51. The molecule has 3 heterocycles. The van der Waals surface area contributed by atoms with Gasteiger partial charge in [-0.05, 0) is 32.9 Å². The van der Waals surface area contributed by atoms with Crippen molar-refractivity contribution in [2.45, 2.75) is 33.4 Å². The normalized spacial score (nSPS) is 12.1. The van der Waals surface area contributed by atoms with Crippen molar-refractivity contribution in [3.63, 3.8) is 0 Å². The lowest BCUT2D eigenvalue weighted by molar-refractivity contribution is -0.128. The molecule has 9 heteroatoms. The topological polar surface area (TPSA) is 93.1 Å². The third-order valence-electron chi connectivity index (χ3n) is 4.00. The Bertz CT molecular complexity index is 1050. The van der Waals surface area contributed by atoms with E-state index in [1.165, 1.54) is 22.2 Å². The molecule has 0 spiro atoms. The summed E-state index contributed by atoms with van der Waals surface area (Å²) in [6.45, 7) is 5.72. The fourth-order valence-corrected chi connectivity index (χ4v) is 4.54. The molecule has 0 aliphatic carbocycles. The number of carbonyl (C=O) groups excluding carboxylic acids is 2. The third kappa shape index (κ3) is 4.09. The van der Waals surface area contributed by atoms with E-state index in [4.69, 9.17) is 0 Å². The summed E-state index contributed by atoms with van der Waals surface area (Å²) >= 11 is 3.02. The highest BCUT2D eigenvalue weighted by Gasteiger charge is 2.18. The molecule has 27 heavy (non-hydrogen) atoms. The Morgan fingerprint density at radius 3 is 2.78 bits per heavy atom. The number of aromatic nitrogens is 2. The van der Waals surface area contributed by atoms with Crippen LogP contribution in [0, 0.1) is 6.92 Å². The number of nitrogens with one attached hydrogen (secondary N) is 2. The molecule has 0 unspecified atom stereocenters. The molecule has 3 aromatic heterocycles. The number of aryl methyl sites for hydroxylation is 1. The smallest absolute Gasteiger partial charge is 0.263 e. The van der Waals surface area contributed by atoms with Crippen LogP contribution in [0.1, 0.15) is 18.7 Å². The average Bonchev–Trinajstić information content (AvgIpc) is 3.23. The first-order valence-corrected chi connectivity index (χ1v) is 10.2. The molecule has 142 valence electrons. The van der Waals surface area contributed by atoms with Crippen molar-refractivity contribution >= 4 is 44.7 Å². The molecule has 7 nitrogen and oxygen atoms in total. The van der Waals surface area contributed by atoms with Crippen molar-refractivity contribution in [3.05, 3.63) is 39.1 Å². The van der Waals surface area contributed by atoms with Crippen LogP contribution in [0.4, 0.5) is 0 Å². The molecule has 0 saturated carbocycles. The summed E-state index contributed by atoms with van der Waals surface area (Å²) in [5.74, 6) is -0.680. The van der Waals surface area contributed by atoms with E-state index in [1.807, 2.05) is 24.4 Å². The minimum atomic E-state index is -0.671. The number of carbonyl (C=O) groups is 2. The van der Waals surface area contributed by atoms with Crippen LogP contribution < -0.4 is 16.2 Å². The number of hydrogen-bond donors (Lipinski definition) is 2. The summed E-state index contributed by atoms with van der Waals surface area (Å²) in [4.78, 5) is 44.0. The van der Waals surface area contributed by atoms with Gasteiger partial charge in [-0.15, -0.1) is 22.7 Å². The van der Waals surface area contributed by atoms with E-state index < -0.39 is 11.9 Å². The first kappa shape index (κ1) is 19.2. The zero-order chi connectivity index (χ0) is 19.6. The van der Waals surface area contributed by atoms with Gasteiger partial charge in [-0.3, -0.25) is 19.0 Å². The minimum Gasteiger partial charge on any atom is -0.355 e. The van der Waals surface area contributed by atoms with Crippen molar-refractivity contribution in [2.75, 3.05) is 6.54 Å². The number of thiophene rings is 2. The van der Waals surface area contributed by atoms with Gasteiger partial charge in [-0.1, -0.05) is 0 Å². The lowest BCUT2D eigenvalue weighted by Gasteiger charge is -2.13. The van der Waals surface area contributed by atoms with Gasteiger partial charge < -0.3 is 10.6 Å². The SMILES string of the molecule is CCNC(=O)[C@H](C)NC(=O)Cn1cnc2scc(-c3ccc(C)s3)c2c1=O. The van der Waals surface area contributed by atoms with Crippen LogP contribution in [0.15, 0.2) is 28.6 Å². The Morgan fingerprint density at radius 1 is 1.33 bits per heavy atom. The molecule has 0 radical (unpaired) electrons. The van der Waals surface area contributed by atoms with Gasteiger partial charge in [0, 0.05) is 27.2 Å². The second kappa shape index (κ2) is 8.01. The predicted octanol–water partition coefficient (Wildman–Crippen LogP) is 2.14. The molecule has 0 bridgehead atoms. The molecule has 3 rings (SSSR count). The van der Waals surface area contributed by atoms with Crippen LogP contribution in [-0.4, -0.2) is 34.0 Å². The van der Waals surface area contributed by atoms with Gasteiger partial charge in [0.15, 0.2) is 0 Å². The van der Waals surface area contributed by atoms with Gasteiger partial charge in [0.25, 0.3) is 5.56 Å². The molecule has 3 aromatic rings. The van der Waals surface area contributed by atoms with Gasteiger partial charge in [-0.25, -0.2) is 4.98 Å².